The number of carbonyl (C=O) groups excluding carboxylic acids is 1. The molecule has 0 bridgehead atoms. The van der Waals surface area contributed by atoms with Crippen LogP contribution in [0.3, 0.4) is 0 Å². The van der Waals surface area contributed by atoms with Gasteiger partial charge in [-0.05, 0) is 44.0 Å². The van der Waals surface area contributed by atoms with E-state index < -0.39 is 22.8 Å². The molecule has 0 aliphatic carbocycles. The molecule has 3 aromatic rings. The standard InChI is InChI=1S/C20H21FN4O4/c1-20(2)19-24-15(16(26)18(28)25(19)7-8-29-20)17(27)22-6-5-11-10-23-14-4-3-12(21)9-13(11)14/h3-4,9-10,23,26H,5-8H2,1-2H3,(H,22,27). The summed E-state index contributed by atoms with van der Waals surface area (Å²) < 4.78 is 20.4. The summed E-state index contributed by atoms with van der Waals surface area (Å²) in [4.78, 5) is 32.3. The van der Waals surface area contributed by atoms with Gasteiger partial charge in [-0.1, -0.05) is 0 Å². The van der Waals surface area contributed by atoms with Crippen molar-refractivity contribution < 1.29 is 19.0 Å². The molecule has 0 saturated carbocycles. The number of aromatic nitrogens is 3. The largest absolute Gasteiger partial charge is 0.501 e. The Morgan fingerprint density at radius 2 is 2.24 bits per heavy atom. The average Bonchev–Trinajstić information content (AvgIpc) is 3.06. The molecule has 1 amide bonds. The van der Waals surface area contributed by atoms with E-state index in [1.807, 2.05) is 0 Å². The van der Waals surface area contributed by atoms with Crippen molar-refractivity contribution in [1.82, 2.24) is 19.9 Å². The summed E-state index contributed by atoms with van der Waals surface area (Å²) >= 11 is 0. The number of hydrogen-bond acceptors (Lipinski definition) is 5. The zero-order chi connectivity index (χ0) is 20.8. The Morgan fingerprint density at radius 1 is 1.45 bits per heavy atom. The van der Waals surface area contributed by atoms with Crippen molar-refractivity contribution in [2.75, 3.05) is 13.2 Å². The summed E-state index contributed by atoms with van der Waals surface area (Å²) in [6.45, 7) is 4.30. The van der Waals surface area contributed by atoms with Gasteiger partial charge in [0.2, 0.25) is 5.75 Å². The molecule has 0 fully saturated rings. The van der Waals surface area contributed by atoms with E-state index in [2.05, 4.69) is 15.3 Å². The van der Waals surface area contributed by atoms with Gasteiger partial charge in [0, 0.05) is 23.6 Å². The second-order valence-electron chi connectivity index (χ2n) is 7.46. The lowest BCUT2D eigenvalue weighted by Gasteiger charge is -2.32. The molecule has 0 unspecified atom stereocenters. The first-order chi connectivity index (χ1) is 13.8. The Balaban J connectivity index is 1.54. The normalized spacial score (nSPS) is 15.3. The predicted octanol–water partition coefficient (Wildman–Crippen LogP) is 1.81. The number of benzene rings is 1. The number of nitrogens with one attached hydrogen (secondary N) is 2. The number of H-pyrrole nitrogens is 1. The number of nitrogens with zero attached hydrogens (tertiary/aromatic N) is 2. The molecule has 8 nitrogen and oxygen atoms in total. The summed E-state index contributed by atoms with van der Waals surface area (Å²) in [5.41, 5.74) is -0.198. The first-order valence-electron chi connectivity index (χ1n) is 9.30. The second-order valence-corrected chi connectivity index (χ2v) is 7.46. The van der Waals surface area contributed by atoms with Crippen LogP contribution in [0.5, 0.6) is 5.75 Å². The SMILES string of the molecule is CC1(C)OCCn2c1nc(C(=O)NCCc1c[nH]c3ccc(F)cc13)c(O)c2=O. The number of hydrogen-bond donors (Lipinski definition) is 3. The van der Waals surface area contributed by atoms with E-state index in [4.69, 9.17) is 4.74 Å². The van der Waals surface area contributed by atoms with Crippen molar-refractivity contribution in [3.05, 3.63) is 57.6 Å². The first-order valence-corrected chi connectivity index (χ1v) is 9.30. The lowest BCUT2D eigenvalue weighted by molar-refractivity contribution is -0.0566. The molecule has 152 valence electrons. The number of fused-ring (bicyclic) bond motifs is 2. The van der Waals surface area contributed by atoms with Crippen LogP contribution in [0.15, 0.2) is 29.2 Å². The molecule has 0 atom stereocenters. The van der Waals surface area contributed by atoms with Crippen LogP contribution < -0.4 is 10.9 Å². The van der Waals surface area contributed by atoms with Crippen LogP contribution in [-0.4, -0.2) is 38.7 Å². The van der Waals surface area contributed by atoms with Crippen LogP contribution in [0.25, 0.3) is 10.9 Å². The van der Waals surface area contributed by atoms with E-state index in [1.54, 1.807) is 26.1 Å². The molecule has 0 saturated heterocycles. The molecule has 4 rings (SSSR count). The molecule has 2 aromatic heterocycles. The minimum Gasteiger partial charge on any atom is -0.501 e. The zero-order valence-electron chi connectivity index (χ0n) is 16.1. The number of carbonyl (C=O) groups is 1. The summed E-state index contributed by atoms with van der Waals surface area (Å²) in [6, 6.07) is 4.46. The van der Waals surface area contributed by atoms with Crippen molar-refractivity contribution >= 4 is 16.8 Å². The fourth-order valence-electron chi connectivity index (χ4n) is 3.58. The van der Waals surface area contributed by atoms with Crippen LogP contribution in [-0.2, 0) is 23.3 Å². The molecule has 0 radical (unpaired) electrons. The number of halogens is 1. The van der Waals surface area contributed by atoms with E-state index in [0.29, 0.717) is 18.9 Å². The lowest BCUT2D eigenvalue weighted by Crippen LogP contribution is -2.42. The second kappa shape index (κ2) is 7.00. The third-order valence-electron chi connectivity index (χ3n) is 5.09. The van der Waals surface area contributed by atoms with Gasteiger partial charge < -0.3 is 20.1 Å². The van der Waals surface area contributed by atoms with Crippen molar-refractivity contribution in [1.29, 1.82) is 0 Å². The summed E-state index contributed by atoms with van der Waals surface area (Å²) in [6.07, 6.45) is 2.20. The predicted molar refractivity (Wildman–Crippen MR) is 103 cm³/mol. The molecule has 3 heterocycles. The molecule has 1 aliphatic rings. The Labute approximate surface area is 165 Å². The first kappa shape index (κ1) is 19.1. The Kier molecular flexibility index (Phi) is 4.62. The highest BCUT2D eigenvalue weighted by Crippen LogP contribution is 2.27. The molecule has 1 aliphatic heterocycles. The zero-order valence-corrected chi connectivity index (χ0v) is 16.1. The van der Waals surface area contributed by atoms with Crippen molar-refractivity contribution in [3.8, 4) is 5.75 Å². The van der Waals surface area contributed by atoms with Crippen LogP contribution in [0.1, 0.15) is 35.7 Å². The molecule has 3 N–H and O–H groups in total. The Bertz CT molecular complexity index is 1170. The van der Waals surface area contributed by atoms with Gasteiger partial charge in [-0.3, -0.25) is 14.2 Å². The van der Waals surface area contributed by atoms with Gasteiger partial charge in [0.05, 0.1) is 13.2 Å². The number of aromatic hydroxyl groups is 1. The maximum atomic E-state index is 13.5. The average molecular weight is 400 g/mol. The van der Waals surface area contributed by atoms with Gasteiger partial charge in [-0.15, -0.1) is 0 Å². The number of amides is 1. The van der Waals surface area contributed by atoms with Crippen LogP contribution in [0, 0.1) is 5.82 Å². The van der Waals surface area contributed by atoms with Crippen molar-refractivity contribution in [2.45, 2.75) is 32.4 Å². The van der Waals surface area contributed by atoms with E-state index in [-0.39, 0.29) is 24.6 Å². The fraction of sp³-hybridized carbons (Fsp3) is 0.350. The quantitative estimate of drug-likeness (QED) is 0.619. The molecule has 29 heavy (non-hydrogen) atoms. The van der Waals surface area contributed by atoms with Gasteiger partial charge in [0.15, 0.2) is 5.69 Å². The topological polar surface area (TPSA) is 109 Å². The van der Waals surface area contributed by atoms with Gasteiger partial charge in [-0.25, -0.2) is 9.37 Å². The minimum absolute atomic E-state index is 0.224. The number of rotatable bonds is 4. The molecule has 0 spiro atoms. The Morgan fingerprint density at radius 3 is 3.03 bits per heavy atom. The van der Waals surface area contributed by atoms with E-state index in [0.717, 1.165) is 16.5 Å². The van der Waals surface area contributed by atoms with Gasteiger partial charge >= 0.3 is 0 Å². The molecular formula is C20H21FN4O4. The number of ether oxygens (including phenoxy) is 1. The van der Waals surface area contributed by atoms with E-state index in [1.165, 1.54) is 16.7 Å². The third kappa shape index (κ3) is 3.38. The number of aromatic amines is 1. The molecule has 9 heteroatoms. The minimum atomic E-state index is -0.853. The Hall–Kier alpha value is -3.20. The highest BCUT2D eigenvalue weighted by atomic mass is 19.1. The van der Waals surface area contributed by atoms with Crippen LogP contribution >= 0.6 is 0 Å². The fourth-order valence-corrected chi connectivity index (χ4v) is 3.58. The van der Waals surface area contributed by atoms with Crippen LogP contribution in [0.2, 0.25) is 0 Å². The van der Waals surface area contributed by atoms with Gasteiger partial charge in [-0.2, -0.15) is 0 Å². The van der Waals surface area contributed by atoms with Gasteiger partial charge in [0.1, 0.15) is 17.2 Å². The van der Waals surface area contributed by atoms with Crippen LogP contribution in [0.4, 0.5) is 4.39 Å². The van der Waals surface area contributed by atoms with Crippen molar-refractivity contribution in [2.24, 2.45) is 0 Å². The lowest BCUT2D eigenvalue weighted by atomic mass is 10.1. The monoisotopic (exact) mass is 400 g/mol. The summed E-state index contributed by atoms with van der Waals surface area (Å²) in [7, 11) is 0. The molecular weight excluding hydrogens is 379 g/mol. The maximum absolute atomic E-state index is 13.5. The smallest absolute Gasteiger partial charge is 0.296 e. The highest BCUT2D eigenvalue weighted by molar-refractivity contribution is 5.94. The highest BCUT2D eigenvalue weighted by Gasteiger charge is 2.34. The third-order valence-corrected chi connectivity index (χ3v) is 5.09. The van der Waals surface area contributed by atoms with Crippen molar-refractivity contribution in [3.63, 3.8) is 0 Å². The maximum Gasteiger partial charge on any atom is 0.296 e. The summed E-state index contributed by atoms with van der Waals surface area (Å²) in [5.74, 6) is -1.38. The summed E-state index contributed by atoms with van der Waals surface area (Å²) in [5, 5.41) is 13.6. The van der Waals surface area contributed by atoms with Gasteiger partial charge in [0.25, 0.3) is 11.5 Å². The van der Waals surface area contributed by atoms with E-state index in [9.17, 15) is 19.1 Å². The van der Waals surface area contributed by atoms with E-state index >= 15 is 0 Å². The molecule has 1 aromatic carbocycles.